The first-order valence-electron chi connectivity index (χ1n) is 8.58. The van der Waals surface area contributed by atoms with Crippen LogP contribution in [0.15, 0.2) is 46.9 Å². The summed E-state index contributed by atoms with van der Waals surface area (Å²) in [7, 11) is 0. The van der Waals surface area contributed by atoms with E-state index in [1.54, 1.807) is 0 Å². The summed E-state index contributed by atoms with van der Waals surface area (Å²) >= 11 is 7.49. The molecule has 140 valence electrons. The largest absolute Gasteiger partial charge is 0.409 e. The van der Waals surface area contributed by atoms with E-state index in [4.69, 9.17) is 16.6 Å². The number of anilines is 1. The second-order valence-corrected chi connectivity index (χ2v) is 8.23. The summed E-state index contributed by atoms with van der Waals surface area (Å²) < 4.78 is 8.09. The Morgan fingerprint density at radius 1 is 1.26 bits per heavy atom. The lowest BCUT2D eigenvalue weighted by molar-refractivity contribution is -0.117. The molecule has 0 bridgehead atoms. The van der Waals surface area contributed by atoms with Gasteiger partial charge in [-0.1, -0.05) is 31.5 Å². The number of rotatable bonds is 5. The van der Waals surface area contributed by atoms with Crippen molar-refractivity contribution in [3.05, 3.63) is 62.0 Å². The quantitative estimate of drug-likeness (QED) is 0.374. The number of carbonyl (C=O) groups excluding carboxylic acids is 1. The van der Waals surface area contributed by atoms with E-state index in [1.165, 1.54) is 4.68 Å². The third-order valence-electron chi connectivity index (χ3n) is 4.11. The third-order valence-corrected chi connectivity index (χ3v) is 5.07. The van der Waals surface area contributed by atoms with Crippen molar-refractivity contribution in [2.75, 3.05) is 5.32 Å². The van der Waals surface area contributed by atoms with Crippen molar-refractivity contribution in [1.82, 2.24) is 9.78 Å². The van der Waals surface area contributed by atoms with E-state index in [0.717, 1.165) is 25.9 Å². The van der Waals surface area contributed by atoms with Crippen LogP contribution in [-0.4, -0.2) is 15.7 Å². The molecule has 0 unspecified atom stereocenters. The number of halogens is 1. The lowest BCUT2D eigenvalue weighted by Gasteiger charge is -2.14. The molecule has 27 heavy (non-hydrogen) atoms. The number of nitrogens with one attached hydrogen (secondary N) is 1. The number of hydrogen-bond acceptors (Lipinski definition) is 4. The van der Waals surface area contributed by atoms with E-state index in [9.17, 15) is 4.79 Å². The Bertz CT molecular complexity index is 1020. The minimum absolute atomic E-state index is 0.00227. The van der Waals surface area contributed by atoms with E-state index in [2.05, 4.69) is 52.9 Å². The van der Waals surface area contributed by atoms with Crippen LogP contribution in [-0.2, 0) is 11.3 Å². The molecule has 1 heterocycles. The van der Waals surface area contributed by atoms with Gasteiger partial charge in [-0.25, -0.2) is 4.68 Å². The lowest BCUT2D eigenvalue weighted by atomic mass is 10.0. The number of aryl methyl sites for hydroxylation is 1. The van der Waals surface area contributed by atoms with Crippen molar-refractivity contribution < 1.29 is 9.21 Å². The van der Waals surface area contributed by atoms with Gasteiger partial charge in [0.05, 0.1) is 0 Å². The summed E-state index contributed by atoms with van der Waals surface area (Å²) in [5, 5.41) is 7.31. The van der Waals surface area contributed by atoms with Gasteiger partial charge in [0.2, 0.25) is 11.8 Å². The van der Waals surface area contributed by atoms with Gasteiger partial charge < -0.3 is 9.73 Å². The van der Waals surface area contributed by atoms with Crippen LogP contribution in [0.25, 0.3) is 11.5 Å². The molecule has 0 aliphatic rings. The van der Waals surface area contributed by atoms with Crippen molar-refractivity contribution >= 4 is 46.4 Å². The van der Waals surface area contributed by atoms with Gasteiger partial charge in [-0.15, -0.1) is 5.10 Å². The number of benzene rings is 2. The molecular formula is C20H20IN3O2S. The van der Waals surface area contributed by atoms with E-state index in [0.29, 0.717) is 11.8 Å². The van der Waals surface area contributed by atoms with Gasteiger partial charge in [-0.3, -0.25) is 4.79 Å². The predicted octanol–water partition coefficient (Wildman–Crippen LogP) is 5.55. The molecule has 3 rings (SSSR count). The first-order valence-corrected chi connectivity index (χ1v) is 10.1. The molecule has 0 saturated carbocycles. The standard InChI is InChI=1S/C20H20IN3O2S/c1-12(2)16-10-15(21)8-9-17(16)22-18(25)11-24-20(27)26-19(23-24)14-6-4-13(3)5-7-14/h4-10,12H,11H2,1-3H3,(H,22,25). The van der Waals surface area contributed by atoms with Crippen LogP contribution < -0.4 is 5.32 Å². The maximum Gasteiger partial charge on any atom is 0.287 e. The fourth-order valence-electron chi connectivity index (χ4n) is 2.67. The zero-order valence-corrected chi connectivity index (χ0v) is 18.3. The molecule has 0 saturated heterocycles. The molecule has 3 aromatic rings. The van der Waals surface area contributed by atoms with E-state index < -0.39 is 0 Å². The molecule has 0 aliphatic heterocycles. The van der Waals surface area contributed by atoms with E-state index >= 15 is 0 Å². The highest BCUT2D eigenvalue weighted by Gasteiger charge is 2.14. The van der Waals surface area contributed by atoms with Gasteiger partial charge in [0.1, 0.15) is 6.54 Å². The SMILES string of the molecule is Cc1ccc(-c2nn(CC(=O)Nc3ccc(I)cc3C(C)C)c(=S)o2)cc1. The second-order valence-electron chi connectivity index (χ2n) is 6.63. The predicted molar refractivity (Wildman–Crippen MR) is 117 cm³/mol. The van der Waals surface area contributed by atoms with Crippen LogP contribution in [0.2, 0.25) is 0 Å². The minimum atomic E-state index is -0.196. The number of nitrogens with zero attached hydrogens (tertiary/aromatic N) is 2. The first-order chi connectivity index (χ1) is 12.8. The molecule has 0 aliphatic carbocycles. The van der Waals surface area contributed by atoms with Crippen LogP contribution in [0.4, 0.5) is 5.69 Å². The van der Waals surface area contributed by atoms with Gasteiger partial charge in [-0.2, -0.15) is 0 Å². The Hall–Kier alpha value is -2.00. The number of hydrogen-bond donors (Lipinski definition) is 1. The highest BCUT2D eigenvalue weighted by atomic mass is 127. The Kier molecular flexibility index (Phi) is 6.11. The molecule has 0 fully saturated rings. The molecule has 1 aromatic heterocycles. The first kappa shape index (κ1) is 19.8. The maximum atomic E-state index is 12.5. The zero-order chi connectivity index (χ0) is 19.6. The summed E-state index contributed by atoms with van der Waals surface area (Å²) in [4.78, 5) is 12.7. The van der Waals surface area contributed by atoms with Crippen molar-refractivity contribution in [3.8, 4) is 11.5 Å². The Morgan fingerprint density at radius 3 is 2.63 bits per heavy atom. The average molecular weight is 493 g/mol. The third kappa shape index (κ3) is 4.84. The highest BCUT2D eigenvalue weighted by molar-refractivity contribution is 14.1. The summed E-state index contributed by atoms with van der Waals surface area (Å²) in [6.07, 6.45) is 0. The summed E-state index contributed by atoms with van der Waals surface area (Å²) in [5.41, 5.74) is 3.88. The molecule has 5 nitrogen and oxygen atoms in total. The van der Waals surface area contributed by atoms with Gasteiger partial charge in [-0.05, 0) is 83.5 Å². The van der Waals surface area contributed by atoms with Crippen LogP contribution in [0.1, 0.15) is 30.9 Å². The molecule has 1 amide bonds. The van der Waals surface area contributed by atoms with Crippen LogP contribution in [0, 0.1) is 15.3 Å². The topological polar surface area (TPSA) is 60.1 Å². The number of aromatic nitrogens is 2. The number of amides is 1. The zero-order valence-electron chi connectivity index (χ0n) is 15.3. The summed E-state index contributed by atoms with van der Waals surface area (Å²) in [6, 6.07) is 13.8. The van der Waals surface area contributed by atoms with Gasteiger partial charge in [0.25, 0.3) is 4.84 Å². The monoisotopic (exact) mass is 493 g/mol. The van der Waals surface area contributed by atoms with E-state index in [-0.39, 0.29) is 17.3 Å². The Balaban J connectivity index is 1.77. The molecule has 0 spiro atoms. The lowest BCUT2D eigenvalue weighted by Crippen LogP contribution is -2.20. The van der Waals surface area contributed by atoms with E-state index in [1.807, 2.05) is 43.3 Å². The fraction of sp³-hybridized carbons (Fsp3) is 0.250. The molecule has 2 aromatic carbocycles. The minimum Gasteiger partial charge on any atom is -0.409 e. The Morgan fingerprint density at radius 2 is 1.96 bits per heavy atom. The summed E-state index contributed by atoms with van der Waals surface area (Å²) in [6.45, 7) is 6.21. The fourth-order valence-corrected chi connectivity index (χ4v) is 3.37. The molecule has 0 radical (unpaired) electrons. The van der Waals surface area contributed by atoms with Crippen LogP contribution >= 0.6 is 34.8 Å². The molecule has 0 atom stereocenters. The molecular weight excluding hydrogens is 473 g/mol. The van der Waals surface area contributed by atoms with Crippen molar-refractivity contribution in [1.29, 1.82) is 0 Å². The number of carbonyl (C=O) groups is 1. The highest BCUT2D eigenvalue weighted by Crippen LogP contribution is 2.26. The summed E-state index contributed by atoms with van der Waals surface area (Å²) in [5.74, 6) is 0.514. The van der Waals surface area contributed by atoms with Crippen molar-refractivity contribution in [2.24, 2.45) is 0 Å². The van der Waals surface area contributed by atoms with Gasteiger partial charge in [0.15, 0.2) is 0 Å². The molecule has 7 heteroatoms. The second kappa shape index (κ2) is 8.35. The van der Waals surface area contributed by atoms with Crippen molar-refractivity contribution in [3.63, 3.8) is 0 Å². The van der Waals surface area contributed by atoms with Gasteiger partial charge >= 0.3 is 0 Å². The van der Waals surface area contributed by atoms with Crippen molar-refractivity contribution in [2.45, 2.75) is 33.2 Å². The average Bonchev–Trinajstić information content (AvgIpc) is 2.97. The van der Waals surface area contributed by atoms with Crippen LogP contribution in [0.5, 0.6) is 0 Å². The Labute approximate surface area is 176 Å². The van der Waals surface area contributed by atoms with Crippen LogP contribution in [0.3, 0.4) is 0 Å². The van der Waals surface area contributed by atoms with Gasteiger partial charge in [0, 0.05) is 14.8 Å². The maximum absolute atomic E-state index is 12.5. The molecule has 1 N–H and O–H groups in total. The normalized spacial score (nSPS) is 11.0. The smallest absolute Gasteiger partial charge is 0.287 e.